The van der Waals surface area contributed by atoms with E-state index in [1.54, 1.807) is 6.92 Å². The predicted molar refractivity (Wildman–Crippen MR) is 85.8 cm³/mol. The number of carbonyl (C=O) groups excluding carboxylic acids is 4. The second kappa shape index (κ2) is 14.9. The monoisotopic (exact) mass is 400 g/mol. The fourth-order valence-corrected chi connectivity index (χ4v) is 1.48. The third-order valence-corrected chi connectivity index (χ3v) is 3.01. The maximum Gasteiger partial charge on any atom is 0.430 e. The number of unbranched alkanes of at least 4 members (excludes halogenated alkanes) is 3. The number of amides is 1. The smallest absolute Gasteiger partial charge is 0.430 e. The molecule has 4 N–H and O–H groups in total. The molecule has 0 heterocycles. The van der Waals surface area contributed by atoms with E-state index in [0.29, 0.717) is 6.61 Å². The molecule has 0 saturated heterocycles. The normalized spacial score (nSPS) is 11.6. The van der Waals surface area contributed by atoms with Gasteiger partial charge in [0.05, 0.1) is 19.6 Å². The molecule has 0 fully saturated rings. The number of halogens is 3. The lowest BCUT2D eigenvalue weighted by atomic mass is 10.2. The van der Waals surface area contributed by atoms with Gasteiger partial charge in [-0.3, -0.25) is 14.4 Å². The van der Waals surface area contributed by atoms with Crippen molar-refractivity contribution in [3.05, 3.63) is 0 Å². The number of nitrogens with one attached hydrogen (secondary N) is 1. The number of esters is 1. The summed E-state index contributed by atoms with van der Waals surface area (Å²) in [5.41, 5.74) is 3.55. The first-order valence-corrected chi connectivity index (χ1v) is 8.48. The summed E-state index contributed by atoms with van der Waals surface area (Å²) in [6, 6.07) is -0.393. The highest BCUT2D eigenvalue weighted by atomic mass is 19.4. The average molecular weight is 400 g/mol. The molecule has 1 amide bonds. The SMILES string of the molecule is CCCCCCOC(=O)CCC(=O)CNC(=O)[C@H](C)[NH3+].O=C([O-])C(F)(F)F. The minimum Gasteiger partial charge on any atom is -0.542 e. The molecule has 0 spiro atoms. The molecule has 158 valence electrons. The molecular formula is C16H27F3N2O6. The summed E-state index contributed by atoms with van der Waals surface area (Å²) >= 11 is 0. The first-order valence-electron chi connectivity index (χ1n) is 8.48. The lowest BCUT2D eigenvalue weighted by Crippen LogP contribution is -2.66. The third-order valence-electron chi connectivity index (χ3n) is 3.01. The Balaban J connectivity index is 0. The number of carboxylic acid groups (broad SMARTS) is 1. The van der Waals surface area contributed by atoms with Crippen LogP contribution in [0.4, 0.5) is 13.2 Å². The van der Waals surface area contributed by atoms with E-state index in [1.807, 2.05) is 0 Å². The standard InChI is InChI=1S/C14H26N2O4.C2HF3O2/c1-3-4-5-6-9-20-13(18)8-7-12(17)10-16-14(19)11(2)15;3-2(4,5)1(6)7/h11H,3-10,15H2,1-2H3,(H,16,19);(H,6,7)/t11-;/m0./s1. The van der Waals surface area contributed by atoms with E-state index in [2.05, 4.69) is 18.0 Å². The number of Topliss-reactive ketones (excluding diaryl/α,β-unsaturated/α-hetero) is 1. The van der Waals surface area contributed by atoms with Gasteiger partial charge in [0, 0.05) is 6.42 Å². The summed E-state index contributed by atoms with van der Waals surface area (Å²) < 4.78 is 36.6. The first kappa shape index (κ1) is 27.1. The summed E-state index contributed by atoms with van der Waals surface area (Å²) in [7, 11) is 0. The third kappa shape index (κ3) is 18.4. The summed E-state index contributed by atoms with van der Waals surface area (Å²) in [4.78, 5) is 42.8. The van der Waals surface area contributed by atoms with Gasteiger partial charge in [0.2, 0.25) is 0 Å². The van der Waals surface area contributed by atoms with E-state index in [9.17, 15) is 27.6 Å². The Morgan fingerprint density at radius 2 is 1.67 bits per heavy atom. The number of alkyl halides is 3. The molecule has 0 aliphatic carbocycles. The zero-order chi connectivity index (χ0) is 21.5. The zero-order valence-corrected chi connectivity index (χ0v) is 15.5. The summed E-state index contributed by atoms with van der Waals surface area (Å²) in [5, 5.41) is 11.3. The van der Waals surface area contributed by atoms with E-state index >= 15 is 0 Å². The van der Waals surface area contributed by atoms with Gasteiger partial charge in [-0.05, 0) is 13.3 Å². The van der Waals surface area contributed by atoms with Gasteiger partial charge in [0.15, 0.2) is 11.8 Å². The lowest BCUT2D eigenvalue weighted by Gasteiger charge is -2.06. The van der Waals surface area contributed by atoms with E-state index in [-0.39, 0.29) is 37.0 Å². The number of carbonyl (C=O) groups is 4. The molecule has 0 unspecified atom stereocenters. The van der Waals surface area contributed by atoms with Crippen molar-refractivity contribution >= 4 is 23.6 Å². The molecule has 1 atom stereocenters. The Morgan fingerprint density at radius 1 is 1.11 bits per heavy atom. The van der Waals surface area contributed by atoms with Gasteiger partial charge in [-0.1, -0.05) is 26.2 Å². The fraction of sp³-hybridized carbons (Fsp3) is 0.750. The molecule has 0 aliphatic rings. The Morgan fingerprint density at radius 3 is 2.11 bits per heavy atom. The summed E-state index contributed by atoms with van der Waals surface area (Å²) in [6.07, 6.45) is -0.828. The van der Waals surface area contributed by atoms with Crippen molar-refractivity contribution < 1.29 is 47.9 Å². The Bertz CT molecular complexity index is 481. The zero-order valence-electron chi connectivity index (χ0n) is 15.5. The van der Waals surface area contributed by atoms with E-state index < -0.39 is 18.2 Å². The number of carboxylic acids is 1. The van der Waals surface area contributed by atoms with Crippen molar-refractivity contribution in [3.63, 3.8) is 0 Å². The van der Waals surface area contributed by atoms with Crippen molar-refractivity contribution in [1.29, 1.82) is 0 Å². The first-order chi connectivity index (χ1) is 12.4. The number of aliphatic carboxylic acids is 1. The van der Waals surface area contributed by atoms with Crippen LogP contribution in [0.2, 0.25) is 0 Å². The van der Waals surface area contributed by atoms with Crippen molar-refractivity contribution in [2.24, 2.45) is 0 Å². The maximum atomic E-state index is 11.4. The second-order valence-electron chi connectivity index (χ2n) is 5.72. The molecule has 0 aromatic carbocycles. The van der Waals surface area contributed by atoms with Gasteiger partial charge >= 0.3 is 12.1 Å². The highest BCUT2D eigenvalue weighted by Gasteiger charge is 2.28. The van der Waals surface area contributed by atoms with Crippen LogP contribution in [0.1, 0.15) is 52.4 Å². The molecule has 0 bridgehead atoms. The van der Waals surface area contributed by atoms with Crippen LogP contribution >= 0.6 is 0 Å². The van der Waals surface area contributed by atoms with Crippen LogP contribution in [-0.2, 0) is 23.9 Å². The second-order valence-corrected chi connectivity index (χ2v) is 5.72. The quantitative estimate of drug-likeness (QED) is 0.354. The molecule has 8 nitrogen and oxygen atoms in total. The van der Waals surface area contributed by atoms with Gasteiger partial charge < -0.3 is 25.7 Å². The number of quaternary nitrogens is 1. The van der Waals surface area contributed by atoms with Crippen molar-refractivity contribution in [2.45, 2.75) is 64.6 Å². The number of hydrogen-bond acceptors (Lipinski definition) is 6. The fourth-order valence-electron chi connectivity index (χ4n) is 1.48. The van der Waals surface area contributed by atoms with E-state index in [4.69, 9.17) is 14.6 Å². The molecular weight excluding hydrogens is 373 g/mol. The molecule has 11 heteroatoms. The van der Waals surface area contributed by atoms with Gasteiger partial charge in [0.1, 0.15) is 5.97 Å². The van der Waals surface area contributed by atoms with E-state index in [0.717, 1.165) is 25.7 Å². The van der Waals surface area contributed by atoms with Crippen molar-refractivity contribution in [1.82, 2.24) is 5.32 Å². The minimum absolute atomic E-state index is 0.0531. The van der Waals surface area contributed by atoms with Gasteiger partial charge in [-0.25, -0.2) is 0 Å². The summed E-state index contributed by atoms with van der Waals surface area (Å²) in [6.45, 7) is 4.13. The number of rotatable bonds is 11. The molecule has 0 aromatic heterocycles. The van der Waals surface area contributed by atoms with Crippen LogP contribution in [0.5, 0.6) is 0 Å². The molecule has 0 saturated carbocycles. The molecule has 0 aromatic rings. The molecule has 27 heavy (non-hydrogen) atoms. The van der Waals surface area contributed by atoms with Crippen LogP contribution in [-0.4, -0.2) is 49.0 Å². The Kier molecular flexibility index (Phi) is 15.0. The number of ether oxygens (including phenoxy) is 1. The van der Waals surface area contributed by atoms with Crippen LogP contribution in [0.3, 0.4) is 0 Å². The van der Waals surface area contributed by atoms with Crippen LogP contribution in [0, 0.1) is 0 Å². The van der Waals surface area contributed by atoms with Crippen LogP contribution in [0.15, 0.2) is 0 Å². The lowest BCUT2D eigenvalue weighted by molar-refractivity contribution is -0.398. The Hall–Kier alpha value is -2.17. The molecule has 0 aliphatic heterocycles. The van der Waals surface area contributed by atoms with Crippen molar-refractivity contribution in [3.8, 4) is 0 Å². The average Bonchev–Trinajstić information content (AvgIpc) is 2.57. The van der Waals surface area contributed by atoms with Crippen LogP contribution in [0.25, 0.3) is 0 Å². The van der Waals surface area contributed by atoms with Gasteiger partial charge in [-0.2, -0.15) is 13.2 Å². The minimum atomic E-state index is -5.19. The maximum absolute atomic E-state index is 11.4. The molecule has 0 radical (unpaired) electrons. The van der Waals surface area contributed by atoms with Gasteiger partial charge in [0.25, 0.3) is 5.91 Å². The van der Waals surface area contributed by atoms with Crippen LogP contribution < -0.4 is 16.2 Å². The number of ketones is 1. The molecule has 0 rings (SSSR count). The van der Waals surface area contributed by atoms with E-state index in [1.165, 1.54) is 0 Å². The summed E-state index contributed by atoms with van der Waals surface area (Å²) in [5.74, 6) is -3.81. The number of hydrogen-bond donors (Lipinski definition) is 2. The topological polar surface area (TPSA) is 140 Å². The largest absolute Gasteiger partial charge is 0.542 e. The highest BCUT2D eigenvalue weighted by molar-refractivity contribution is 5.89. The highest BCUT2D eigenvalue weighted by Crippen LogP contribution is 2.11. The van der Waals surface area contributed by atoms with Crippen molar-refractivity contribution in [2.75, 3.05) is 13.2 Å². The Labute approximate surface area is 155 Å². The predicted octanol–water partition coefficient (Wildman–Crippen LogP) is -0.496. The van der Waals surface area contributed by atoms with Gasteiger partial charge in [-0.15, -0.1) is 0 Å².